The summed E-state index contributed by atoms with van der Waals surface area (Å²) in [6.07, 6.45) is 19.3. The van der Waals surface area contributed by atoms with Gasteiger partial charge in [-0.05, 0) is 43.1 Å². The smallest absolute Gasteiger partial charge is 0.0123 e. The number of allylic oxidation sites excluding steroid dienone is 6. The van der Waals surface area contributed by atoms with Crippen LogP contribution in [-0.4, -0.2) is 0 Å². The highest BCUT2D eigenvalue weighted by Crippen LogP contribution is 2.42. The molecule has 72 valence electrons. The fourth-order valence-electron chi connectivity index (χ4n) is 2.91. The maximum absolute atomic E-state index is 3.55. The number of fused-ring (bicyclic) bond motifs is 2. The van der Waals surface area contributed by atoms with Gasteiger partial charge in [-0.15, -0.1) is 0 Å². The topological polar surface area (TPSA) is 0 Å². The molecule has 0 heteroatoms. The third kappa shape index (κ3) is 1.37. The molecule has 0 aromatic carbocycles. The average Bonchev–Trinajstić information content (AvgIpc) is 2.26. The monoisotopic (exact) mass is 184 g/mol. The summed E-state index contributed by atoms with van der Waals surface area (Å²) < 4.78 is 0. The van der Waals surface area contributed by atoms with Gasteiger partial charge in [0.15, 0.2) is 0 Å². The molecule has 3 rings (SSSR count). The molecule has 0 aromatic rings. The third-order valence-corrected chi connectivity index (χ3v) is 3.71. The molecule has 3 aliphatic carbocycles. The van der Waals surface area contributed by atoms with Crippen molar-refractivity contribution in [3.05, 3.63) is 41.9 Å². The molecule has 0 aromatic heterocycles. The molecule has 0 heterocycles. The Kier molecular flexibility index (Phi) is 2.08. The van der Waals surface area contributed by atoms with Gasteiger partial charge in [-0.3, -0.25) is 0 Å². The van der Waals surface area contributed by atoms with Crippen LogP contribution in [0.25, 0.3) is 0 Å². The number of hydrogen-bond acceptors (Lipinski definition) is 0. The molecule has 1 saturated carbocycles. The van der Waals surface area contributed by atoms with E-state index in [0.29, 0.717) is 0 Å². The Hall–Kier alpha value is -0.780. The summed E-state index contributed by atoms with van der Waals surface area (Å²) in [5.74, 6) is 1.64. The molecule has 0 bridgehead atoms. The van der Waals surface area contributed by atoms with Gasteiger partial charge in [-0.2, -0.15) is 0 Å². The molecule has 0 aliphatic heterocycles. The second-order valence-corrected chi connectivity index (χ2v) is 4.63. The zero-order valence-electron chi connectivity index (χ0n) is 8.50. The Labute approximate surface area is 86.4 Å². The highest BCUT2D eigenvalue weighted by molar-refractivity contribution is 5.39. The van der Waals surface area contributed by atoms with Crippen molar-refractivity contribution in [2.24, 2.45) is 11.8 Å². The first kappa shape index (κ1) is 8.52. The second kappa shape index (κ2) is 3.42. The lowest BCUT2D eigenvalue weighted by Gasteiger charge is -2.35. The Bertz CT molecular complexity index is 317. The zero-order valence-corrected chi connectivity index (χ0v) is 8.50. The molecule has 2 radical (unpaired) electrons. The third-order valence-electron chi connectivity index (χ3n) is 3.71. The second-order valence-electron chi connectivity index (χ2n) is 4.63. The van der Waals surface area contributed by atoms with E-state index in [9.17, 15) is 0 Å². The quantitative estimate of drug-likeness (QED) is 0.538. The molecule has 0 nitrogen and oxygen atoms in total. The summed E-state index contributed by atoms with van der Waals surface area (Å²) in [4.78, 5) is 0. The highest BCUT2D eigenvalue weighted by atomic mass is 14.3. The largest absolute Gasteiger partial charge is 0.0839 e. The molecule has 1 fully saturated rings. The van der Waals surface area contributed by atoms with Crippen LogP contribution in [0.4, 0.5) is 0 Å². The Balaban J connectivity index is 1.92. The Morgan fingerprint density at radius 3 is 3.29 bits per heavy atom. The molecule has 0 amide bonds. The first-order valence-corrected chi connectivity index (χ1v) is 5.75. The summed E-state index contributed by atoms with van der Waals surface area (Å²) in [6.45, 7) is 0. The van der Waals surface area contributed by atoms with Crippen LogP contribution in [0.3, 0.4) is 0 Å². The maximum atomic E-state index is 3.55. The summed E-state index contributed by atoms with van der Waals surface area (Å²) in [7, 11) is 0. The summed E-state index contributed by atoms with van der Waals surface area (Å²) in [5.41, 5.74) is 3.06. The predicted octanol–water partition coefficient (Wildman–Crippen LogP) is 3.70. The zero-order chi connectivity index (χ0) is 9.38. The molecule has 2 unspecified atom stereocenters. The van der Waals surface area contributed by atoms with E-state index in [1.807, 2.05) is 0 Å². The van der Waals surface area contributed by atoms with Crippen LogP contribution in [0.15, 0.2) is 35.5 Å². The normalized spacial score (nSPS) is 35.4. The highest BCUT2D eigenvalue weighted by Gasteiger charge is 2.29. The van der Waals surface area contributed by atoms with Gasteiger partial charge in [0.2, 0.25) is 0 Å². The van der Waals surface area contributed by atoms with Crippen LogP contribution in [0.5, 0.6) is 0 Å². The predicted molar refractivity (Wildman–Crippen MR) is 58.6 cm³/mol. The lowest BCUT2D eigenvalue weighted by molar-refractivity contribution is 0.388. The van der Waals surface area contributed by atoms with Crippen molar-refractivity contribution < 1.29 is 0 Å². The average molecular weight is 184 g/mol. The molecule has 3 aliphatic rings. The Morgan fingerprint density at radius 2 is 2.29 bits per heavy atom. The van der Waals surface area contributed by atoms with E-state index in [-0.39, 0.29) is 0 Å². The van der Waals surface area contributed by atoms with Crippen LogP contribution in [-0.2, 0) is 0 Å². The molecule has 0 N–H and O–H groups in total. The minimum atomic E-state index is 0.814. The van der Waals surface area contributed by atoms with Gasteiger partial charge in [0, 0.05) is 6.42 Å². The van der Waals surface area contributed by atoms with Gasteiger partial charge in [-0.25, -0.2) is 0 Å². The first-order valence-electron chi connectivity index (χ1n) is 5.75. The molecular formula is C14H16. The fraction of sp³-hybridized carbons (Fsp3) is 0.500. The van der Waals surface area contributed by atoms with E-state index in [1.165, 1.54) is 37.7 Å². The van der Waals surface area contributed by atoms with Crippen LogP contribution in [0.1, 0.15) is 32.1 Å². The molecule has 0 spiro atoms. The van der Waals surface area contributed by atoms with Crippen molar-refractivity contribution in [3.8, 4) is 0 Å². The minimum absolute atomic E-state index is 0.814. The van der Waals surface area contributed by atoms with Gasteiger partial charge < -0.3 is 0 Å². The minimum Gasteiger partial charge on any atom is -0.0839 e. The van der Waals surface area contributed by atoms with E-state index >= 15 is 0 Å². The van der Waals surface area contributed by atoms with Crippen molar-refractivity contribution >= 4 is 0 Å². The standard InChI is InChI=1S/C14H16/c1-2-6-12-10-14-8-4-3-7-13(14)9-11(12)5-1/h1-2,5,9,12,14H,3-4,6,8,10H2. The van der Waals surface area contributed by atoms with Gasteiger partial charge in [-0.1, -0.05) is 36.3 Å². The van der Waals surface area contributed by atoms with Crippen LogP contribution >= 0.6 is 0 Å². The molecular weight excluding hydrogens is 168 g/mol. The Morgan fingerprint density at radius 1 is 1.29 bits per heavy atom. The van der Waals surface area contributed by atoms with Gasteiger partial charge in [0.25, 0.3) is 0 Å². The lowest BCUT2D eigenvalue weighted by Crippen LogP contribution is -2.21. The summed E-state index contributed by atoms with van der Waals surface area (Å²) in [6, 6.07) is 0. The SMILES string of the molecule is [C]1CCCC2CC3CC=CC=C3C=C12. The van der Waals surface area contributed by atoms with Crippen molar-refractivity contribution in [2.45, 2.75) is 32.1 Å². The lowest BCUT2D eigenvalue weighted by atomic mass is 9.70. The number of hydrogen-bond donors (Lipinski definition) is 0. The van der Waals surface area contributed by atoms with Crippen molar-refractivity contribution in [1.82, 2.24) is 0 Å². The fourth-order valence-corrected chi connectivity index (χ4v) is 2.91. The maximum Gasteiger partial charge on any atom is 0.0123 e. The van der Waals surface area contributed by atoms with Gasteiger partial charge >= 0.3 is 0 Å². The van der Waals surface area contributed by atoms with E-state index in [4.69, 9.17) is 0 Å². The first-order chi connectivity index (χ1) is 6.93. The van der Waals surface area contributed by atoms with Gasteiger partial charge in [0.1, 0.15) is 0 Å². The van der Waals surface area contributed by atoms with E-state index < -0.39 is 0 Å². The van der Waals surface area contributed by atoms with Crippen molar-refractivity contribution in [3.63, 3.8) is 0 Å². The molecule has 0 saturated heterocycles. The summed E-state index contributed by atoms with van der Waals surface area (Å²) >= 11 is 0. The van der Waals surface area contributed by atoms with Gasteiger partial charge in [0.05, 0.1) is 0 Å². The van der Waals surface area contributed by atoms with E-state index in [0.717, 1.165) is 11.8 Å². The van der Waals surface area contributed by atoms with E-state index in [2.05, 4.69) is 30.7 Å². The van der Waals surface area contributed by atoms with E-state index in [1.54, 1.807) is 5.57 Å². The summed E-state index contributed by atoms with van der Waals surface area (Å²) in [5, 5.41) is 0. The van der Waals surface area contributed by atoms with Crippen LogP contribution in [0.2, 0.25) is 0 Å². The molecule has 2 atom stereocenters. The van der Waals surface area contributed by atoms with Crippen molar-refractivity contribution in [1.29, 1.82) is 0 Å². The van der Waals surface area contributed by atoms with Crippen LogP contribution < -0.4 is 0 Å². The van der Waals surface area contributed by atoms with Crippen molar-refractivity contribution in [2.75, 3.05) is 0 Å². The number of rotatable bonds is 0. The molecule has 14 heavy (non-hydrogen) atoms. The van der Waals surface area contributed by atoms with Crippen LogP contribution in [0, 0.1) is 18.3 Å².